The smallest absolute Gasteiger partial charge is 0.322 e. The van der Waals surface area contributed by atoms with Crippen molar-refractivity contribution in [3.05, 3.63) is 59.6 Å². The first-order valence-electron chi connectivity index (χ1n) is 8.02. The summed E-state index contributed by atoms with van der Waals surface area (Å²) in [6.07, 6.45) is 1.61. The molecule has 0 aliphatic carbocycles. The van der Waals surface area contributed by atoms with Crippen LogP contribution in [0.5, 0.6) is 0 Å². The molecule has 0 bridgehead atoms. The Bertz CT molecular complexity index is 747. The summed E-state index contributed by atoms with van der Waals surface area (Å²) >= 11 is 0. The van der Waals surface area contributed by atoms with Crippen LogP contribution in [0.1, 0.15) is 11.6 Å². The van der Waals surface area contributed by atoms with Gasteiger partial charge in [-0.05, 0) is 17.7 Å². The summed E-state index contributed by atoms with van der Waals surface area (Å²) < 4.78 is 18.7. The van der Waals surface area contributed by atoms with Crippen LogP contribution < -0.4 is 5.32 Å². The first-order valence-corrected chi connectivity index (χ1v) is 8.02. The van der Waals surface area contributed by atoms with Crippen LogP contribution in [-0.4, -0.2) is 55.1 Å². The van der Waals surface area contributed by atoms with E-state index in [4.69, 9.17) is 4.74 Å². The van der Waals surface area contributed by atoms with E-state index in [0.29, 0.717) is 43.1 Å². The molecule has 6 nitrogen and oxygen atoms in total. The highest BCUT2D eigenvalue weighted by molar-refractivity contribution is 6.01. The van der Waals surface area contributed by atoms with Gasteiger partial charge in [0.25, 0.3) is 5.91 Å². The molecular formula is C18H20FN3O3. The molecule has 1 atom stereocenters. The molecule has 0 saturated carbocycles. The summed E-state index contributed by atoms with van der Waals surface area (Å²) in [5, 5.41) is 2.81. The molecule has 0 fully saturated rings. The zero-order valence-corrected chi connectivity index (χ0v) is 14.0. The Balaban J connectivity index is 2.01. The highest BCUT2D eigenvalue weighted by Crippen LogP contribution is 2.36. The number of benzene rings is 1. The predicted molar refractivity (Wildman–Crippen MR) is 90.1 cm³/mol. The van der Waals surface area contributed by atoms with Gasteiger partial charge in [-0.15, -0.1) is 6.58 Å². The SMILES string of the molecule is C=CCN1C(=O)NC(c2cccc(F)c2)C2=C1CN(CCOC)C2=O. The van der Waals surface area contributed by atoms with Gasteiger partial charge in [-0.25, -0.2) is 9.18 Å². The Morgan fingerprint density at radius 1 is 1.44 bits per heavy atom. The standard InChI is InChI=1S/C18H20FN3O3/c1-3-7-22-14-11-21(8-9-25-2)17(23)15(14)16(20-18(22)24)12-5-4-6-13(19)10-12/h3-6,10,16H,1,7-9,11H2,2H3,(H,20,24). The number of nitrogens with one attached hydrogen (secondary N) is 1. The van der Waals surface area contributed by atoms with Crippen LogP contribution in [0.15, 0.2) is 48.2 Å². The number of methoxy groups -OCH3 is 1. The van der Waals surface area contributed by atoms with Crippen molar-refractivity contribution in [1.29, 1.82) is 0 Å². The molecule has 3 amide bonds. The maximum Gasteiger partial charge on any atom is 0.322 e. The van der Waals surface area contributed by atoms with E-state index in [-0.39, 0.29) is 11.9 Å². The van der Waals surface area contributed by atoms with Crippen LogP contribution in [0.25, 0.3) is 0 Å². The van der Waals surface area contributed by atoms with Crippen molar-refractivity contribution in [2.75, 3.05) is 33.4 Å². The summed E-state index contributed by atoms with van der Waals surface area (Å²) in [7, 11) is 1.57. The Hall–Kier alpha value is -2.67. The monoisotopic (exact) mass is 345 g/mol. The number of carbonyl (C=O) groups is 2. The van der Waals surface area contributed by atoms with E-state index in [1.165, 1.54) is 17.0 Å². The molecule has 3 rings (SSSR count). The second-order valence-electron chi connectivity index (χ2n) is 5.92. The zero-order chi connectivity index (χ0) is 18.0. The molecule has 0 radical (unpaired) electrons. The van der Waals surface area contributed by atoms with Gasteiger partial charge in [-0.1, -0.05) is 18.2 Å². The minimum atomic E-state index is -0.667. The van der Waals surface area contributed by atoms with Crippen LogP contribution >= 0.6 is 0 Å². The van der Waals surface area contributed by atoms with E-state index < -0.39 is 11.9 Å². The largest absolute Gasteiger partial charge is 0.383 e. The van der Waals surface area contributed by atoms with Crippen LogP contribution in [0, 0.1) is 5.82 Å². The fourth-order valence-electron chi connectivity index (χ4n) is 3.19. The highest BCUT2D eigenvalue weighted by Gasteiger charge is 2.43. The second kappa shape index (κ2) is 7.06. The Labute approximate surface area is 145 Å². The van der Waals surface area contributed by atoms with Gasteiger partial charge >= 0.3 is 6.03 Å². The van der Waals surface area contributed by atoms with Gasteiger partial charge in [0.1, 0.15) is 5.82 Å². The lowest BCUT2D eigenvalue weighted by atomic mass is 9.95. The Morgan fingerprint density at radius 2 is 2.24 bits per heavy atom. The number of hydrogen-bond acceptors (Lipinski definition) is 3. The van der Waals surface area contributed by atoms with Crippen molar-refractivity contribution < 1.29 is 18.7 Å². The summed E-state index contributed by atoms with van der Waals surface area (Å²) in [6.45, 7) is 5.12. The van der Waals surface area contributed by atoms with Crippen LogP contribution in [-0.2, 0) is 9.53 Å². The molecule has 1 aromatic carbocycles. The van der Waals surface area contributed by atoms with Crippen molar-refractivity contribution in [2.24, 2.45) is 0 Å². The number of amides is 3. The maximum atomic E-state index is 13.6. The Kier molecular flexibility index (Phi) is 4.85. The molecule has 1 aromatic rings. The molecule has 2 heterocycles. The normalized spacial score (nSPS) is 20.0. The summed E-state index contributed by atoms with van der Waals surface area (Å²) in [5.74, 6) is -0.584. The third-order valence-corrected chi connectivity index (χ3v) is 4.36. The van der Waals surface area contributed by atoms with Crippen LogP contribution in [0.4, 0.5) is 9.18 Å². The second-order valence-corrected chi connectivity index (χ2v) is 5.92. The van der Waals surface area contributed by atoms with Crippen molar-refractivity contribution in [2.45, 2.75) is 6.04 Å². The Morgan fingerprint density at radius 3 is 2.92 bits per heavy atom. The van der Waals surface area contributed by atoms with Gasteiger partial charge in [0.05, 0.1) is 30.5 Å². The average Bonchev–Trinajstić information content (AvgIpc) is 2.92. The van der Waals surface area contributed by atoms with E-state index in [0.717, 1.165) is 0 Å². The molecule has 2 aliphatic rings. The van der Waals surface area contributed by atoms with Crippen molar-refractivity contribution in [3.8, 4) is 0 Å². The minimum absolute atomic E-state index is 0.171. The summed E-state index contributed by atoms with van der Waals surface area (Å²) in [6, 6.07) is 4.94. The quantitative estimate of drug-likeness (QED) is 0.800. The first-order chi connectivity index (χ1) is 12.1. The summed E-state index contributed by atoms with van der Waals surface area (Å²) in [4.78, 5) is 28.5. The summed E-state index contributed by atoms with van der Waals surface area (Å²) in [5.41, 5.74) is 1.66. The van der Waals surface area contributed by atoms with Crippen LogP contribution in [0.2, 0.25) is 0 Å². The number of ether oxygens (including phenoxy) is 1. The molecule has 1 unspecified atom stereocenters. The maximum absolute atomic E-state index is 13.6. The third kappa shape index (κ3) is 3.15. The average molecular weight is 345 g/mol. The number of urea groups is 1. The minimum Gasteiger partial charge on any atom is -0.383 e. The number of carbonyl (C=O) groups excluding carboxylic acids is 2. The molecule has 0 spiro atoms. The number of halogens is 1. The van der Waals surface area contributed by atoms with Gasteiger partial charge in [0.15, 0.2) is 0 Å². The van der Waals surface area contributed by atoms with Crippen molar-refractivity contribution in [3.63, 3.8) is 0 Å². The van der Waals surface area contributed by atoms with Gasteiger partial charge in [0, 0.05) is 20.2 Å². The molecule has 0 aromatic heterocycles. The van der Waals surface area contributed by atoms with E-state index >= 15 is 0 Å². The number of nitrogens with zero attached hydrogens (tertiary/aromatic N) is 2. The van der Waals surface area contributed by atoms with E-state index in [1.54, 1.807) is 30.2 Å². The van der Waals surface area contributed by atoms with Crippen LogP contribution in [0.3, 0.4) is 0 Å². The zero-order valence-electron chi connectivity index (χ0n) is 14.0. The third-order valence-electron chi connectivity index (χ3n) is 4.36. The van der Waals surface area contributed by atoms with Gasteiger partial charge in [-0.3, -0.25) is 9.69 Å². The first kappa shape index (κ1) is 17.2. The number of rotatable bonds is 6. The molecule has 132 valence electrons. The van der Waals surface area contributed by atoms with E-state index in [1.807, 2.05) is 0 Å². The fourth-order valence-corrected chi connectivity index (χ4v) is 3.19. The highest BCUT2D eigenvalue weighted by atomic mass is 19.1. The lowest BCUT2D eigenvalue weighted by Crippen LogP contribution is -2.47. The topological polar surface area (TPSA) is 61.9 Å². The van der Waals surface area contributed by atoms with Gasteiger partial charge in [-0.2, -0.15) is 0 Å². The molecule has 25 heavy (non-hydrogen) atoms. The van der Waals surface area contributed by atoms with E-state index in [9.17, 15) is 14.0 Å². The predicted octanol–water partition coefficient (Wildman–Crippen LogP) is 1.82. The van der Waals surface area contributed by atoms with Gasteiger partial charge < -0.3 is 15.0 Å². The molecule has 0 saturated heterocycles. The molecule has 1 N–H and O–H groups in total. The van der Waals surface area contributed by atoms with Crippen molar-refractivity contribution >= 4 is 11.9 Å². The van der Waals surface area contributed by atoms with E-state index in [2.05, 4.69) is 11.9 Å². The molecule has 7 heteroatoms. The van der Waals surface area contributed by atoms with Crippen molar-refractivity contribution in [1.82, 2.24) is 15.1 Å². The lowest BCUT2D eigenvalue weighted by Gasteiger charge is -2.33. The molecular weight excluding hydrogens is 325 g/mol. The molecule has 2 aliphatic heterocycles. The van der Waals surface area contributed by atoms with Gasteiger partial charge in [0.2, 0.25) is 0 Å². The number of hydrogen-bond donors (Lipinski definition) is 1. The lowest BCUT2D eigenvalue weighted by molar-refractivity contribution is -0.126. The fraction of sp³-hybridized carbons (Fsp3) is 0.333.